The number of amides is 2. The number of hydrogen-bond donors (Lipinski definition) is 1. The maximum absolute atomic E-state index is 12.3. The van der Waals surface area contributed by atoms with Gasteiger partial charge in [0.1, 0.15) is 6.04 Å². The van der Waals surface area contributed by atoms with Crippen LogP contribution < -0.4 is 10.2 Å². The third-order valence-corrected chi connectivity index (χ3v) is 3.39. The van der Waals surface area contributed by atoms with Crippen molar-refractivity contribution in [3.8, 4) is 0 Å². The molecule has 100 valence electrons. The molecule has 2 amide bonds. The summed E-state index contributed by atoms with van der Waals surface area (Å²) >= 11 is 5.67. The van der Waals surface area contributed by atoms with Crippen molar-refractivity contribution in [2.24, 2.45) is 0 Å². The topological polar surface area (TPSA) is 49.4 Å². The van der Waals surface area contributed by atoms with Crippen molar-refractivity contribution in [2.75, 3.05) is 11.4 Å². The highest BCUT2D eigenvalue weighted by Gasteiger charge is 2.30. The van der Waals surface area contributed by atoms with Crippen LogP contribution in [-0.4, -0.2) is 24.4 Å². The molecule has 0 spiro atoms. The Kier molecular flexibility index (Phi) is 3.90. The molecule has 5 heteroatoms. The van der Waals surface area contributed by atoms with Gasteiger partial charge in [0.2, 0.25) is 5.91 Å². The number of nitrogens with zero attached hydrogens (tertiary/aromatic N) is 1. The lowest BCUT2D eigenvalue weighted by Crippen LogP contribution is -2.44. The van der Waals surface area contributed by atoms with Crippen molar-refractivity contribution >= 4 is 29.1 Å². The Bertz CT molecular complexity index is 554. The van der Waals surface area contributed by atoms with E-state index in [1.54, 1.807) is 30.0 Å². The largest absolute Gasteiger partial charge is 0.340 e. The van der Waals surface area contributed by atoms with Gasteiger partial charge >= 0.3 is 0 Å². The summed E-state index contributed by atoms with van der Waals surface area (Å²) in [6.07, 6.45) is 0. The lowest BCUT2D eigenvalue weighted by molar-refractivity contribution is -0.119. The van der Waals surface area contributed by atoms with Gasteiger partial charge in [-0.05, 0) is 31.6 Å². The number of nitrogens with one attached hydrogen (secondary N) is 1. The van der Waals surface area contributed by atoms with Crippen LogP contribution in [0.1, 0.15) is 24.2 Å². The first kappa shape index (κ1) is 13.6. The predicted octanol–water partition coefficient (Wildman–Crippen LogP) is 2.29. The Morgan fingerprint density at radius 3 is 2.79 bits per heavy atom. The molecule has 1 aromatic carbocycles. The fourth-order valence-electron chi connectivity index (χ4n) is 2.04. The highest BCUT2D eigenvalue weighted by Crippen LogP contribution is 2.25. The average Bonchev–Trinajstić information content (AvgIpc) is 2.50. The minimum atomic E-state index is -0.553. The molecule has 19 heavy (non-hydrogen) atoms. The third-order valence-electron chi connectivity index (χ3n) is 3.02. The van der Waals surface area contributed by atoms with Gasteiger partial charge in [0.05, 0.1) is 11.3 Å². The second-order valence-corrected chi connectivity index (χ2v) is 4.81. The second-order valence-electron chi connectivity index (χ2n) is 4.59. The normalized spacial score (nSPS) is 19.8. The van der Waals surface area contributed by atoms with Gasteiger partial charge in [-0.3, -0.25) is 9.59 Å². The van der Waals surface area contributed by atoms with Gasteiger partial charge in [-0.15, -0.1) is 0 Å². The Labute approximate surface area is 117 Å². The summed E-state index contributed by atoms with van der Waals surface area (Å²) < 4.78 is 0. The minimum absolute atomic E-state index is 0.142. The van der Waals surface area contributed by atoms with E-state index >= 15 is 0 Å². The summed E-state index contributed by atoms with van der Waals surface area (Å²) in [6, 6.07) is 6.52. The summed E-state index contributed by atoms with van der Waals surface area (Å²) in [7, 11) is 0. The fourth-order valence-corrected chi connectivity index (χ4v) is 2.11. The zero-order chi connectivity index (χ0) is 14.0. The van der Waals surface area contributed by atoms with Gasteiger partial charge < -0.3 is 10.2 Å². The van der Waals surface area contributed by atoms with E-state index in [2.05, 4.69) is 5.32 Å². The molecule has 4 nitrogen and oxygen atoms in total. The summed E-state index contributed by atoms with van der Waals surface area (Å²) in [5.41, 5.74) is 3.42. The standard InChI is InChI=1S/C14H15ClN2O2/c1-9(7-15)8-17-12-6-4-3-5-11(12)13(18)16-10(2)14(17)19/h3-7,10H,8H2,1-2H3,(H,16,18)/b9-7+. The monoisotopic (exact) mass is 278 g/mol. The number of benzene rings is 1. The molecule has 0 radical (unpaired) electrons. The second kappa shape index (κ2) is 5.45. The highest BCUT2D eigenvalue weighted by molar-refractivity contribution is 6.25. The van der Waals surface area contributed by atoms with E-state index in [0.29, 0.717) is 17.8 Å². The number of hydrogen-bond acceptors (Lipinski definition) is 2. The van der Waals surface area contributed by atoms with E-state index in [-0.39, 0.29) is 11.8 Å². The highest BCUT2D eigenvalue weighted by atomic mass is 35.5. The zero-order valence-corrected chi connectivity index (χ0v) is 11.6. The first-order valence-electron chi connectivity index (χ1n) is 6.01. The molecule has 1 N–H and O–H groups in total. The van der Waals surface area contributed by atoms with Crippen LogP contribution in [0.25, 0.3) is 0 Å². The first-order chi connectivity index (χ1) is 9.04. The number of halogens is 1. The van der Waals surface area contributed by atoms with Crippen molar-refractivity contribution in [3.05, 3.63) is 40.9 Å². The molecule has 1 aromatic rings. The minimum Gasteiger partial charge on any atom is -0.340 e. The molecule has 1 aliphatic rings. The summed E-state index contributed by atoms with van der Waals surface area (Å²) in [6.45, 7) is 3.89. The molecule has 2 rings (SSSR count). The molecule has 1 atom stereocenters. The van der Waals surface area contributed by atoms with E-state index in [1.807, 2.05) is 13.0 Å². The molecule has 1 heterocycles. The maximum atomic E-state index is 12.3. The Morgan fingerprint density at radius 1 is 1.42 bits per heavy atom. The molecule has 1 aliphatic heterocycles. The van der Waals surface area contributed by atoms with E-state index in [9.17, 15) is 9.59 Å². The summed E-state index contributed by atoms with van der Waals surface area (Å²) in [5, 5.41) is 2.69. The molecule has 0 aromatic heterocycles. The van der Waals surface area contributed by atoms with Gasteiger partial charge in [-0.25, -0.2) is 0 Å². The van der Waals surface area contributed by atoms with Gasteiger partial charge in [0.15, 0.2) is 0 Å². The number of fused-ring (bicyclic) bond motifs is 1. The van der Waals surface area contributed by atoms with Crippen molar-refractivity contribution in [3.63, 3.8) is 0 Å². The first-order valence-corrected chi connectivity index (χ1v) is 6.45. The number of rotatable bonds is 2. The molecule has 0 fully saturated rings. The van der Waals surface area contributed by atoms with Crippen LogP contribution in [0.5, 0.6) is 0 Å². The zero-order valence-electron chi connectivity index (χ0n) is 10.8. The fraction of sp³-hybridized carbons (Fsp3) is 0.286. The van der Waals surface area contributed by atoms with Gasteiger partial charge in [0.25, 0.3) is 5.91 Å². The van der Waals surface area contributed by atoms with Crippen LogP contribution in [-0.2, 0) is 4.79 Å². The SMILES string of the molecule is C/C(=C\Cl)CN1C(=O)C(C)NC(=O)c2ccccc21. The van der Waals surface area contributed by atoms with Crippen LogP contribution in [0.3, 0.4) is 0 Å². The molecule has 0 bridgehead atoms. The molecular weight excluding hydrogens is 264 g/mol. The van der Waals surface area contributed by atoms with Crippen LogP contribution in [0.2, 0.25) is 0 Å². The number of anilines is 1. The molecule has 0 aliphatic carbocycles. The quantitative estimate of drug-likeness (QED) is 0.902. The molecule has 0 saturated heterocycles. The van der Waals surface area contributed by atoms with E-state index in [1.165, 1.54) is 5.54 Å². The predicted molar refractivity (Wildman–Crippen MR) is 75.3 cm³/mol. The Morgan fingerprint density at radius 2 is 2.11 bits per heavy atom. The lowest BCUT2D eigenvalue weighted by Gasteiger charge is -2.24. The molecule has 1 unspecified atom stereocenters. The average molecular weight is 279 g/mol. The summed E-state index contributed by atoms with van der Waals surface area (Å²) in [4.78, 5) is 26.0. The van der Waals surface area contributed by atoms with Crippen molar-refractivity contribution in [1.82, 2.24) is 5.32 Å². The van der Waals surface area contributed by atoms with Crippen molar-refractivity contribution in [1.29, 1.82) is 0 Å². The van der Waals surface area contributed by atoms with Gasteiger partial charge in [0, 0.05) is 12.1 Å². The smallest absolute Gasteiger partial charge is 0.254 e. The van der Waals surface area contributed by atoms with Gasteiger partial charge in [-0.2, -0.15) is 0 Å². The lowest BCUT2D eigenvalue weighted by atomic mass is 10.1. The molecule has 0 saturated carbocycles. The van der Waals surface area contributed by atoms with E-state index < -0.39 is 6.04 Å². The Balaban J connectivity index is 2.51. The van der Waals surface area contributed by atoms with Crippen LogP contribution in [0.4, 0.5) is 5.69 Å². The number of carbonyl (C=O) groups is 2. The molecular formula is C14H15ClN2O2. The third kappa shape index (κ3) is 2.63. The van der Waals surface area contributed by atoms with Gasteiger partial charge in [-0.1, -0.05) is 23.7 Å². The van der Waals surface area contributed by atoms with Crippen molar-refractivity contribution in [2.45, 2.75) is 19.9 Å². The van der Waals surface area contributed by atoms with Crippen molar-refractivity contribution < 1.29 is 9.59 Å². The Hall–Kier alpha value is -1.81. The van der Waals surface area contributed by atoms with Crippen LogP contribution in [0.15, 0.2) is 35.4 Å². The number of para-hydroxylation sites is 1. The van der Waals surface area contributed by atoms with Crippen LogP contribution in [0, 0.1) is 0 Å². The van der Waals surface area contributed by atoms with Crippen LogP contribution >= 0.6 is 11.6 Å². The van der Waals surface area contributed by atoms with E-state index in [4.69, 9.17) is 11.6 Å². The summed E-state index contributed by atoms with van der Waals surface area (Å²) in [5.74, 6) is -0.373. The maximum Gasteiger partial charge on any atom is 0.254 e. The van der Waals surface area contributed by atoms with E-state index in [0.717, 1.165) is 5.57 Å². The number of carbonyl (C=O) groups excluding carboxylic acids is 2.